The summed E-state index contributed by atoms with van der Waals surface area (Å²) in [5.41, 5.74) is 1.11. The molecule has 2 aliphatic rings. The highest BCUT2D eigenvalue weighted by Crippen LogP contribution is 2.33. The first-order chi connectivity index (χ1) is 14.2. The van der Waals surface area contributed by atoms with E-state index in [1.807, 2.05) is 36.4 Å². The molecule has 3 heterocycles. The fourth-order valence-corrected chi connectivity index (χ4v) is 4.48. The minimum absolute atomic E-state index is 0.494. The van der Waals surface area contributed by atoms with Crippen molar-refractivity contribution in [3.05, 3.63) is 48.3 Å². The van der Waals surface area contributed by atoms with Crippen LogP contribution in [-0.4, -0.2) is 52.2 Å². The molecule has 0 aliphatic carbocycles. The average molecular weight is 396 g/mol. The quantitative estimate of drug-likeness (QED) is 0.831. The molecular formula is C22H28N4O3. The van der Waals surface area contributed by atoms with Gasteiger partial charge in [-0.25, -0.2) is 14.8 Å². The average Bonchev–Trinajstić information content (AvgIpc) is 2.79. The molecule has 154 valence electrons. The Labute approximate surface area is 171 Å². The summed E-state index contributed by atoms with van der Waals surface area (Å²) in [7, 11) is 0. The van der Waals surface area contributed by atoms with Gasteiger partial charge in [0.1, 0.15) is 18.8 Å². The molecule has 0 unspecified atom stereocenters. The summed E-state index contributed by atoms with van der Waals surface area (Å²) in [6, 6.07) is 12.0. The maximum atomic E-state index is 11.1. The van der Waals surface area contributed by atoms with E-state index in [9.17, 15) is 4.79 Å². The van der Waals surface area contributed by atoms with E-state index in [0.717, 1.165) is 50.2 Å². The Morgan fingerprint density at radius 3 is 2.31 bits per heavy atom. The number of piperidine rings is 2. The van der Waals surface area contributed by atoms with Gasteiger partial charge in [-0.05, 0) is 43.1 Å². The molecule has 1 amide bonds. The van der Waals surface area contributed by atoms with Crippen LogP contribution in [0.25, 0.3) is 0 Å². The van der Waals surface area contributed by atoms with Gasteiger partial charge in [-0.2, -0.15) is 0 Å². The van der Waals surface area contributed by atoms with Crippen molar-refractivity contribution < 1.29 is 14.6 Å². The summed E-state index contributed by atoms with van der Waals surface area (Å²) < 4.78 is 5.84. The highest BCUT2D eigenvalue weighted by molar-refractivity contribution is 5.65. The second-order valence-electron chi connectivity index (χ2n) is 7.92. The van der Waals surface area contributed by atoms with E-state index in [2.05, 4.69) is 14.9 Å². The lowest BCUT2D eigenvalue weighted by Gasteiger charge is -2.39. The minimum atomic E-state index is -0.785. The molecule has 7 heteroatoms. The van der Waals surface area contributed by atoms with E-state index < -0.39 is 6.09 Å². The molecule has 7 nitrogen and oxygen atoms in total. The molecule has 2 fully saturated rings. The van der Waals surface area contributed by atoms with E-state index in [-0.39, 0.29) is 0 Å². The highest BCUT2D eigenvalue weighted by Gasteiger charge is 2.31. The van der Waals surface area contributed by atoms with Crippen LogP contribution in [0.1, 0.15) is 31.2 Å². The minimum Gasteiger partial charge on any atom is -0.473 e. The monoisotopic (exact) mass is 396 g/mol. The van der Waals surface area contributed by atoms with Crippen LogP contribution in [-0.2, 0) is 6.61 Å². The number of likely N-dealkylation sites (tertiary alicyclic amines) is 1. The normalized spacial score (nSPS) is 18.6. The van der Waals surface area contributed by atoms with Gasteiger partial charge in [0.05, 0.1) is 0 Å². The van der Waals surface area contributed by atoms with Crippen LogP contribution in [0.4, 0.5) is 10.6 Å². The number of carboxylic acid groups (broad SMARTS) is 1. The van der Waals surface area contributed by atoms with Crippen molar-refractivity contribution in [1.29, 1.82) is 0 Å². The first kappa shape index (κ1) is 19.5. The van der Waals surface area contributed by atoms with Gasteiger partial charge in [-0.3, -0.25) is 0 Å². The zero-order chi connectivity index (χ0) is 20.1. The topological polar surface area (TPSA) is 78.8 Å². The highest BCUT2D eigenvalue weighted by atomic mass is 16.5. The smallest absolute Gasteiger partial charge is 0.407 e. The Kier molecular flexibility index (Phi) is 6.12. The van der Waals surface area contributed by atoms with Crippen molar-refractivity contribution in [3.8, 4) is 5.88 Å². The maximum Gasteiger partial charge on any atom is 0.407 e. The van der Waals surface area contributed by atoms with Crippen molar-refractivity contribution in [2.45, 2.75) is 32.3 Å². The van der Waals surface area contributed by atoms with Crippen LogP contribution in [0, 0.1) is 11.8 Å². The lowest BCUT2D eigenvalue weighted by atomic mass is 9.79. The molecule has 1 N–H and O–H groups in total. The van der Waals surface area contributed by atoms with Gasteiger partial charge < -0.3 is 19.6 Å². The van der Waals surface area contributed by atoms with E-state index in [1.54, 1.807) is 11.2 Å². The first-order valence-corrected chi connectivity index (χ1v) is 10.4. The fourth-order valence-electron chi connectivity index (χ4n) is 4.48. The summed E-state index contributed by atoms with van der Waals surface area (Å²) in [6.45, 7) is 3.79. The number of benzene rings is 1. The number of rotatable bonds is 5. The molecule has 0 saturated carbocycles. The van der Waals surface area contributed by atoms with Gasteiger partial charge in [-0.1, -0.05) is 30.3 Å². The molecule has 0 atom stereocenters. The van der Waals surface area contributed by atoms with Crippen molar-refractivity contribution in [2.24, 2.45) is 11.8 Å². The molecule has 2 saturated heterocycles. The molecular weight excluding hydrogens is 368 g/mol. The number of hydrogen-bond acceptors (Lipinski definition) is 5. The molecule has 2 aliphatic heterocycles. The van der Waals surface area contributed by atoms with Gasteiger partial charge in [0, 0.05) is 32.2 Å². The Balaban J connectivity index is 1.28. The predicted molar refractivity (Wildman–Crippen MR) is 110 cm³/mol. The third kappa shape index (κ3) is 4.96. The zero-order valence-electron chi connectivity index (χ0n) is 16.6. The third-order valence-electron chi connectivity index (χ3n) is 6.20. The molecule has 1 aromatic heterocycles. The van der Waals surface area contributed by atoms with Crippen molar-refractivity contribution in [1.82, 2.24) is 14.9 Å². The number of hydrogen-bond donors (Lipinski definition) is 1. The summed E-state index contributed by atoms with van der Waals surface area (Å²) in [5, 5.41) is 9.12. The van der Waals surface area contributed by atoms with Crippen molar-refractivity contribution >= 4 is 11.9 Å². The molecule has 29 heavy (non-hydrogen) atoms. The van der Waals surface area contributed by atoms with E-state index in [0.29, 0.717) is 37.4 Å². The zero-order valence-corrected chi connectivity index (χ0v) is 16.6. The van der Waals surface area contributed by atoms with Gasteiger partial charge in [0.2, 0.25) is 5.88 Å². The standard InChI is InChI=1S/C22H28N4O3/c27-22(28)26-12-8-19(9-13-26)18-6-10-25(11-7-18)20-14-21(24-16-23-20)29-15-17-4-2-1-3-5-17/h1-5,14,16,18-19H,6-13,15H2,(H,27,28). The Hall–Kier alpha value is -2.83. The van der Waals surface area contributed by atoms with Crippen LogP contribution in [0.3, 0.4) is 0 Å². The summed E-state index contributed by atoms with van der Waals surface area (Å²) in [6.07, 6.45) is 5.02. The predicted octanol–water partition coefficient (Wildman–Crippen LogP) is 3.66. The fraction of sp³-hybridized carbons (Fsp3) is 0.500. The number of carbonyl (C=O) groups is 1. The van der Waals surface area contributed by atoms with E-state index in [4.69, 9.17) is 9.84 Å². The van der Waals surface area contributed by atoms with Crippen LogP contribution in [0.2, 0.25) is 0 Å². The van der Waals surface area contributed by atoms with Gasteiger partial charge in [0.25, 0.3) is 0 Å². The third-order valence-corrected chi connectivity index (χ3v) is 6.20. The number of nitrogens with zero attached hydrogens (tertiary/aromatic N) is 4. The molecule has 0 radical (unpaired) electrons. The molecule has 4 rings (SSSR count). The van der Waals surface area contributed by atoms with Gasteiger partial charge >= 0.3 is 6.09 Å². The van der Waals surface area contributed by atoms with E-state index >= 15 is 0 Å². The van der Waals surface area contributed by atoms with Crippen LogP contribution in [0.15, 0.2) is 42.7 Å². The SMILES string of the molecule is O=C(O)N1CCC(C2CCN(c3cc(OCc4ccccc4)ncn3)CC2)CC1. The van der Waals surface area contributed by atoms with Crippen LogP contribution in [0.5, 0.6) is 5.88 Å². The largest absolute Gasteiger partial charge is 0.473 e. The summed E-state index contributed by atoms with van der Waals surface area (Å²) in [4.78, 5) is 23.6. The van der Waals surface area contributed by atoms with Crippen molar-refractivity contribution in [2.75, 3.05) is 31.1 Å². The summed E-state index contributed by atoms with van der Waals surface area (Å²) in [5.74, 6) is 2.84. The molecule has 2 aromatic rings. The van der Waals surface area contributed by atoms with Crippen molar-refractivity contribution in [3.63, 3.8) is 0 Å². The van der Waals surface area contributed by atoms with Crippen LogP contribution < -0.4 is 9.64 Å². The molecule has 0 spiro atoms. The Morgan fingerprint density at radius 2 is 1.66 bits per heavy atom. The Bertz CT molecular complexity index is 801. The molecule has 1 aromatic carbocycles. The van der Waals surface area contributed by atoms with Crippen LogP contribution >= 0.6 is 0 Å². The second-order valence-corrected chi connectivity index (χ2v) is 7.92. The van der Waals surface area contributed by atoms with E-state index in [1.165, 1.54) is 0 Å². The first-order valence-electron chi connectivity index (χ1n) is 10.4. The number of anilines is 1. The molecule has 0 bridgehead atoms. The Morgan fingerprint density at radius 1 is 1.00 bits per heavy atom. The number of aromatic nitrogens is 2. The lowest BCUT2D eigenvalue weighted by Crippen LogP contribution is -2.42. The summed E-state index contributed by atoms with van der Waals surface area (Å²) >= 11 is 0. The lowest BCUT2D eigenvalue weighted by molar-refractivity contribution is 0.107. The number of ether oxygens (including phenoxy) is 1. The van der Waals surface area contributed by atoms with Gasteiger partial charge in [-0.15, -0.1) is 0 Å². The second kappa shape index (κ2) is 9.11. The maximum absolute atomic E-state index is 11.1. The number of amides is 1. The van der Waals surface area contributed by atoms with Gasteiger partial charge in [0.15, 0.2) is 0 Å².